The second-order valence-corrected chi connectivity index (χ2v) is 5.77. The van der Waals surface area contributed by atoms with Crippen LogP contribution in [0.15, 0.2) is 29.3 Å². The van der Waals surface area contributed by atoms with E-state index in [1.54, 1.807) is 0 Å². The maximum Gasteiger partial charge on any atom is 0.160 e. The van der Waals surface area contributed by atoms with Crippen LogP contribution in [0.1, 0.15) is 23.6 Å². The van der Waals surface area contributed by atoms with Gasteiger partial charge in [0.15, 0.2) is 5.17 Å². The Morgan fingerprint density at radius 3 is 3.25 bits per heavy atom. The van der Waals surface area contributed by atoms with E-state index < -0.39 is 0 Å². The van der Waals surface area contributed by atoms with Crippen LogP contribution in [-0.4, -0.2) is 28.4 Å². The molecule has 1 fully saturated rings. The van der Waals surface area contributed by atoms with E-state index >= 15 is 0 Å². The van der Waals surface area contributed by atoms with Crippen LogP contribution in [0.4, 0.5) is 0 Å². The van der Waals surface area contributed by atoms with Crippen molar-refractivity contribution in [2.75, 3.05) is 12.3 Å². The predicted molar refractivity (Wildman–Crippen MR) is 67.9 cm³/mol. The molecule has 0 aromatic heterocycles. The fourth-order valence-corrected chi connectivity index (χ4v) is 4.20. The number of amidine groups is 1. The minimum Gasteiger partial charge on any atom is -0.345 e. The van der Waals surface area contributed by atoms with Crippen molar-refractivity contribution in [2.45, 2.75) is 24.9 Å². The number of thioether (sulfide) groups is 1. The van der Waals surface area contributed by atoms with Crippen LogP contribution >= 0.6 is 11.8 Å². The lowest BCUT2D eigenvalue weighted by Gasteiger charge is -2.31. The fraction of sp³-hybridized carbons (Fsp3) is 0.462. The number of aryl methyl sites for hydroxylation is 1. The lowest BCUT2D eigenvalue weighted by molar-refractivity contribution is 0.297. The van der Waals surface area contributed by atoms with Crippen LogP contribution < -0.4 is 0 Å². The summed E-state index contributed by atoms with van der Waals surface area (Å²) in [6.07, 6.45) is 2.50. The second kappa shape index (κ2) is 3.27. The summed E-state index contributed by atoms with van der Waals surface area (Å²) in [6, 6.07) is 9.91. The summed E-state index contributed by atoms with van der Waals surface area (Å²) < 4.78 is 0. The van der Waals surface area contributed by atoms with Crippen LogP contribution in [0.2, 0.25) is 0 Å². The number of benzene rings is 1. The molecule has 1 aliphatic carbocycles. The SMILES string of the molecule is c1ccc2c(c1)CC[C@H]1[C@@H]2N=C2SCCN21. The Bertz CT molecular complexity index is 469. The van der Waals surface area contributed by atoms with Gasteiger partial charge in [-0.3, -0.25) is 4.99 Å². The molecule has 2 nitrogen and oxygen atoms in total. The highest BCUT2D eigenvalue weighted by molar-refractivity contribution is 8.14. The maximum absolute atomic E-state index is 4.92. The first-order chi connectivity index (χ1) is 7.93. The van der Waals surface area contributed by atoms with Gasteiger partial charge in [0.2, 0.25) is 0 Å². The molecule has 0 bridgehead atoms. The summed E-state index contributed by atoms with van der Waals surface area (Å²) in [5.41, 5.74) is 2.99. The van der Waals surface area contributed by atoms with E-state index in [0.29, 0.717) is 12.1 Å². The molecule has 1 saturated heterocycles. The van der Waals surface area contributed by atoms with Gasteiger partial charge in [-0.2, -0.15) is 0 Å². The Hall–Kier alpha value is -0.960. The molecule has 1 aromatic carbocycles. The molecule has 0 unspecified atom stereocenters. The van der Waals surface area contributed by atoms with Gasteiger partial charge in [0.05, 0.1) is 12.1 Å². The molecule has 0 saturated carbocycles. The fourth-order valence-electron chi connectivity index (χ4n) is 3.15. The highest BCUT2D eigenvalue weighted by Gasteiger charge is 2.42. The first-order valence-electron chi connectivity index (χ1n) is 5.98. The van der Waals surface area contributed by atoms with Gasteiger partial charge < -0.3 is 4.90 Å². The smallest absolute Gasteiger partial charge is 0.160 e. The standard InChI is InChI=1S/C13H14N2S/c1-2-4-10-9(3-1)5-6-11-12(10)14-13-15(11)7-8-16-13/h1-4,11-12H,5-8H2/t11-,12+/m0/s1. The topological polar surface area (TPSA) is 15.6 Å². The first kappa shape index (κ1) is 9.11. The van der Waals surface area contributed by atoms with Gasteiger partial charge in [-0.15, -0.1) is 0 Å². The molecule has 0 radical (unpaired) electrons. The van der Waals surface area contributed by atoms with Gasteiger partial charge in [-0.05, 0) is 24.0 Å². The van der Waals surface area contributed by atoms with Crippen LogP contribution in [0.25, 0.3) is 0 Å². The lowest BCUT2D eigenvalue weighted by Crippen LogP contribution is -2.36. The average molecular weight is 230 g/mol. The predicted octanol–water partition coefficient (Wildman–Crippen LogP) is 2.46. The van der Waals surface area contributed by atoms with Crippen molar-refractivity contribution in [1.29, 1.82) is 0 Å². The lowest BCUT2D eigenvalue weighted by atomic mass is 9.84. The molecule has 0 amide bonds. The number of fused-ring (bicyclic) bond motifs is 5. The second-order valence-electron chi connectivity index (χ2n) is 4.70. The van der Waals surface area contributed by atoms with E-state index in [0.717, 1.165) is 0 Å². The summed E-state index contributed by atoms with van der Waals surface area (Å²) in [7, 11) is 0. The molecule has 1 aromatic rings. The summed E-state index contributed by atoms with van der Waals surface area (Å²) in [4.78, 5) is 7.45. The number of hydrogen-bond acceptors (Lipinski definition) is 3. The monoisotopic (exact) mass is 230 g/mol. The van der Waals surface area contributed by atoms with Gasteiger partial charge in [-0.1, -0.05) is 36.0 Å². The van der Waals surface area contributed by atoms with E-state index in [1.165, 1.54) is 41.4 Å². The number of hydrogen-bond donors (Lipinski definition) is 0. The molecule has 2 aliphatic heterocycles. The zero-order chi connectivity index (χ0) is 10.5. The van der Waals surface area contributed by atoms with E-state index in [9.17, 15) is 0 Å². The molecule has 4 rings (SSSR count). The van der Waals surface area contributed by atoms with Gasteiger partial charge in [-0.25, -0.2) is 0 Å². The van der Waals surface area contributed by atoms with Crippen LogP contribution in [0, 0.1) is 0 Å². The third-order valence-electron chi connectivity index (χ3n) is 3.91. The quantitative estimate of drug-likeness (QED) is 0.680. The zero-order valence-electron chi connectivity index (χ0n) is 9.10. The Morgan fingerprint density at radius 2 is 2.25 bits per heavy atom. The van der Waals surface area contributed by atoms with E-state index in [4.69, 9.17) is 4.99 Å². The normalized spacial score (nSPS) is 30.8. The average Bonchev–Trinajstić information content (AvgIpc) is 2.88. The maximum atomic E-state index is 4.92. The summed E-state index contributed by atoms with van der Waals surface area (Å²) in [6.45, 7) is 1.20. The van der Waals surface area contributed by atoms with Crippen molar-refractivity contribution in [3.8, 4) is 0 Å². The zero-order valence-corrected chi connectivity index (χ0v) is 9.91. The first-order valence-corrected chi connectivity index (χ1v) is 6.97. The molecule has 3 heteroatoms. The van der Waals surface area contributed by atoms with Crippen LogP contribution in [-0.2, 0) is 6.42 Å². The van der Waals surface area contributed by atoms with Crippen LogP contribution in [0.5, 0.6) is 0 Å². The van der Waals surface area contributed by atoms with Crippen molar-refractivity contribution in [1.82, 2.24) is 4.90 Å². The number of aliphatic imine (C=N–C) groups is 1. The Labute approximate surface area is 99.7 Å². The van der Waals surface area contributed by atoms with Crippen molar-refractivity contribution in [2.24, 2.45) is 4.99 Å². The number of nitrogens with zero attached hydrogens (tertiary/aromatic N) is 2. The van der Waals surface area contributed by atoms with Crippen molar-refractivity contribution in [3.63, 3.8) is 0 Å². The molecular formula is C13H14N2S. The third-order valence-corrected chi connectivity index (χ3v) is 4.89. The van der Waals surface area contributed by atoms with Gasteiger partial charge in [0.1, 0.15) is 0 Å². The Balaban J connectivity index is 1.81. The molecule has 2 heterocycles. The Morgan fingerprint density at radius 1 is 1.31 bits per heavy atom. The highest BCUT2D eigenvalue weighted by Crippen LogP contribution is 2.43. The molecule has 16 heavy (non-hydrogen) atoms. The van der Waals surface area contributed by atoms with E-state index in [2.05, 4.69) is 29.2 Å². The van der Waals surface area contributed by atoms with E-state index in [1.807, 2.05) is 11.8 Å². The molecule has 3 aliphatic rings. The van der Waals surface area contributed by atoms with Crippen molar-refractivity contribution in [3.05, 3.63) is 35.4 Å². The highest BCUT2D eigenvalue weighted by atomic mass is 32.2. The van der Waals surface area contributed by atoms with Crippen molar-refractivity contribution < 1.29 is 0 Å². The molecular weight excluding hydrogens is 216 g/mol. The Kier molecular flexibility index (Phi) is 1.86. The van der Waals surface area contributed by atoms with Gasteiger partial charge in [0, 0.05) is 12.3 Å². The van der Waals surface area contributed by atoms with Crippen molar-refractivity contribution >= 4 is 16.9 Å². The van der Waals surface area contributed by atoms with Gasteiger partial charge >= 0.3 is 0 Å². The molecule has 0 N–H and O–H groups in total. The number of rotatable bonds is 0. The largest absolute Gasteiger partial charge is 0.345 e. The summed E-state index contributed by atoms with van der Waals surface area (Å²) in [5.74, 6) is 1.23. The molecule has 0 spiro atoms. The minimum absolute atomic E-state index is 0.424. The van der Waals surface area contributed by atoms with Gasteiger partial charge in [0.25, 0.3) is 0 Å². The van der Waals surface area contributed by atoms with Crippen LogP contribution in [0.3, 0.4) is 0 Å². The molecule has 82 valence electrons. The van der Waals surface area contributed by atoms with E-state index in [-0.39, 0.29) is 0 Å². The minimum atomic E-state index is 0.424. The molecule has 2 atom stereocenters. The third kappa shape index (κ3) is 1.12. The summed E-state index contributed by atoms with van der Waals surface area (Å²) in [5, 5.41) is 1.30. The summed E-state index contributed by atoms with van der Waals surface area (Å²) >= 11 is 1.93.